The van der Waals surface area contributed by atoms with E-state index in [1.54, 1.807) is 49.6 Å². The number of para-hydroxylation sites is 1. The molecule has 4 aromatic rings. The number of hydrogen-bond acceptors (Lipinski definition) is 6. The molecule has 2 aromatic heterocycles. The Labute approximate surface area is 238 Å². The molecule has 9 heteroatoms. The smallest absolute Gasteiger partial charge is 0.335 e. The molecule has 0 saturated heterocycles. The van der Waals surface area contributed by atoms with Gasteiger partial charge in [0, 0.05) is 44.2 Å². The van der Waals surface area contributed by atoms with Gasteiger partial charge in [-0.25, -0.2) is 9.78 Å². The molecule has 1 saturated carbocycles. The maximum atomic E-state index is 13.1. The van der Waals surface area contributed by atoms with Gasteiger partial charge in [-0.1, -0.05) is 43.5 Å². The van der Waals surface area contributed by atoms with Crippen LogP contribution in [0, 0.1) is 0 Å². The highest BCUT2D eigenvalue weighted by Crippen LogP contribution is 2.45. The van der Waals surface area contributed by atoms with Gasteiger partial charge in [0.15, 0.2) is 5.13 Å². The van der Waals surface area contributed by atoms with Crippen LogP contribution in [-0.4, -0.2) is 65.8 Å². The van der Waals surface area contributed by atoms with E-state index >= 15 is 0 Å². The summed E-state index contributed by atoms with van der Waals surface area (Å²) < 4.78 is 7.40. The van der Waals surface area contributed by atoms with Crippen LogP contribution in [0.25, 0.3) is 22.3 Å². The summed E-state index contributed by atoms with van der Waals surface area (Å²) in [4.78, 5) is 33.9. The van der Waals surface area contributed by atoms with Gasteiger partial charge in [-0.15, -0.1) is 11.3 Å². The molecule has 40 heavy (non-hydrogen) atoms. The van der Waals surface area contributed by atoms with Crippen LogP contribution in [0.3, 0.4) is 0 Å². The lowest BCUT2D eigenvalue weighted by atomic mass is 9.82. The number of nitrogens with zero attached hydrogens (tertiary/aromatic N) is 4. The summed E-state index contributed by atoms with van der Waals surface area (Å²) in [6, 6.07) is 15.4. The van der Waals surface area contributed by atoms with Crippen LogP contribution in [-0.2, 0) is 16.1 Å². The number of anilines is 2. The van der Waals surface area contributed by atoms with Crippen molar-refractivity contribution in [1.29, 1.82) is 0 Å². The highest BCUT2D eigenvalue weighted by molar-refractivity contribution is 7.14. The molecular formula is C31H36N4O4S. The van der Waals surface area contributed by atoms with Gasteiger partial charge in [-0.05, 0) is 48.6 Å². The maximum Gasteiger partial charge on any atom is 0.335 e. The number of carboxylic acid groups (broad SMARTS) is 1. The third-order valence-corrected chi connectivity index (χ3v) is 8.57. The minimum absolute atomic E-state index is 0.0597. The number of carbonyl (C=O) groups excluding carboxylic acids is 1. The van der Waals surface area contributed by atoms with Crippen LogP contribution in [0.1, 0.15) is 53.9 Å². The first-order valence-corrected chi connectivity index (χ1v) is 14.6. The van der Waals surface area contributed by atoms with Crippen molar-refractivity contribution in [3.05, 3.63) is 65.0 Å². The van der Waals surface area contributed by atoms with Crippen LogP contribution < -0.4 is 4.90 Å². The number of methoxy groups -OCH3 is 1. The Morgan fingerprint density at radius 3 is 2.52 bits per heavy atom. The summed E-state index contributed by atoms with van der Waals surface area (Å²) in [5.74, 6) is -0.723. The first-order valence-electron chi connectivity index (χ1n) is 13.8. The molecule has 8 nitrogen and oxygen atoms in total. The van der Waals surface area contributed by atoms with Crippen molar-refractivity contribution >= 4 is 44.9 Å². The molecule has 0 bridgehead atoms. The number of benzene rings is 2. The highest BCUT2D eigenvalue weighted by Gasteiger charge is 2.29. The summed E-state index contributed by atoms with van der Waals surface area (Å²) in [5, 5.41) is 13.7. The molecule has 1 N–H and O–H groups in total. The number of aromatic carboxylic acids is 1. The summed E-state index contributed by atoms with van der Waals surface area (Å²) in [5.41, 5.74) is 4.90. The molecular weight excluding hydrogens is 524 g/mol. The van der Waals surface area contributed by atoms with Gasteiger partial charge in [-0.2, -0.15) is 0 Å². The molecule has 2 heterocycles. The van der Waals surface area contributed by atoms with E-state index in [9.17, 15) is 14.7 Å². The summed E-state index contributed by atoms with van der Waals surface area (Å²) in [7, 11) is 5.18. The largest absolute Gasteiger partial charge is 0.478 e. The van der Waals surface area contributed by atoms with Crippen LogP contribution in [0.15, 0.2) is 53.9 Å². The van der Waals surface area contributed by atoms with Crippen molar-refractivity contribution < 1.29 is 19.4 Å². The van der Waals surface area contributed by atoms with Gasteiger partial charge in [0.05, 0.1) is 23.4 Å². The van der Waals surface area contributed by atoms with Gasteiger partial charge >= 0.3 is 5.97 Å². The summed E-state index contributed by atoms with van der Waals surface area (Å²) >= 11 is 1.56. The van der Waals surface area contributed by atoms with Crippen molar-refractivity contribution in [1.82, 2.24) is 14.5 Å². The maximum absolute atomic E-state index is 13.1. The number of aromatic nitrogens is 2. The van der Waals surface area contributed by atoms with E-state index in [0.717, 1.165) is 58.8 Å². The Balaban J connectivity index is 1.72. The molecule has 0 radical (unpaired) electrons. The zero-order valence-electron chi connectivity index (χ0n) is 23.3. The van der Waals surface area contributed by atoms with E-state index in [-0.39, 0.29) is 18.0 Å². The van der Waals surface area contributed by atoms with E-state index in [4.69, 9.17) is 9.72 Å². The first-order chi connectivity index (χ1) is 19.4. The number of likely N-dealkylation sites (N-methyl/N-ethyl adjacent to an activating group) is 1. The normalized spacial score (nSPS) is 14.0. The Bertz CT molecular complexity index is 1490. The lowest BCUT2D eigenvalue weighted by molar-refractivity contribution is -0.129. The predicted molar refractivity (Wildman–Crippen MR) is 160 cm³/mol. The average Bonchev–Trinajstić information content (AvgIpc) is 3.57. The molecule has 0 unspecified atom stereocenters. The second kappa shape index (κ2) is 12.2. The molecule has 5 rings (SSSR count). The van der Waals surface area contributed by atoms with Crippen molar-refractivity contribution in [2.24, 2.45) is 0 Å². The van der Waals surface area contributed by atoms with Crippen molar-refractivity contribution in [3.63, 3.8) is 0 Å². The second-order valence-corrected chi connectivity index (χ2v) is 11.3. The lowest BCUT2D eigenvalue weighted by Gasteiger charge is -2.23. The quantitative estimate of drug-likeness (QED) is 0.242. The average molecular weight is 561 g/mol. The fourth-order valence-electron chi connectivity index (χ4n) is 5.65. The zero-order valence-corrected chi connectivity index (χ0v) is 24.1. The van der Waals surface area contributed by atoms with Crippen molar-refractivity contribution in [2.75, 3.05) is 39.3 Å². The molecule has 2 aromatic carbocycles. The zero-order chi connectivity index (χ0) is 28.2. The Kier molecular flexibility index (Phi) is 8.52. The SMILES string of the molecule is COCCN(c1ccccc1)c1nc(-c2c(C3CCCCC3)c3ccc(C(=O)O)cc3n2CC(=O)N(C)C)cs1. The third-order valence-electron chi connectivity index (χ3n) is 7.71. The number of thiazole rings is 1. The van der Waals surface area contributed by atoms with Gasteiger partial charge in [0.25, 0.3) is 0 Å². The van der Waals surface area contributed by atoms with Crippen molar-refractivity contribution in [3.8, 4) is 11.4 Å². The molecule has 1 fully saturated rings. The Hall–Kier alpha value is -3.69. The van der Waals surface area contributed by atoms with Crippen LogP contribution in [0.5, 0.6) is 0 Å². The van der Waals surface area contributed by atoms with Crippen LogP contribution >= 0.6 is 11.3 Å². The number of amides is 1. The first kappa shape index (κ1) is 27.9. The summed E-state index contributed by atoms with van der Waals surface area (Å²) in [6.45, 7) is 1.30. The highest BCUT2D eigenvalue weighted by atomic mass is 32.1. The number of rotatable bonds is 10. The number of hydrogen-bond donors (Lipinski definition) is 1. The number of carbonyl (C=O) groups is 2. The van der Waals surface area contributed by atoms with Gasteiger partial charge in [0.1, 0.15) is 12.2 Å². The Morgan fingerprint density at radius 1 is 1.10 bits per heavy atom. The topological polar surface area (TPSA) is 87.9 Å². The minimum atomic E-state index is -0.984. The Morgan fingerprint density at radius 2 is 1.85 bits per heavy atom. The monoisotopic (exact) mass is 560 g/mol. The molecule has 0 spiro atoms. The lowest BCUT2D eigenvalue weighted by Crippen LogP contribution is -2.26. The number of fused-ring (bicyclic) bond motifs is 1. The number of ether oxygens (including phenoxy) is 1. The number of carboxylic acids is 1. The fourth-order valence-corrected chi connectivity index (χ4v) is 6.51. The molecule has 0 aliphatic heterocycles. The molecule has 1 amide bonds. The molecule has 1 aliphatic carbocycles. The van der Waals surface area contributed by atoms with Crippen LogP contribution in [0.4, 0.5) is 10.8 Å². The second-order valence-electron chi connectivity index (χ2n) is 10.5. The van der Waals surface area contributed by atoms with E-state index in [1.165, 1.54) is 12.0 Å². The molecule has 210 valence electrons. The van der Waals surface area contributed by atoms with Gasteiger partial charge in [0.2, 0.25) is 5.91 Å². The molecule has 0 atom stereocenters. The van der Waals surface area contributed by atoms with Crippen LogP contribution in [0.2, 0.25) is 0 Å². The molecule has 1 aliphatic rings. The third kappa shape index (κ3) is 5.62. The van der Waals surface area contributed by atoms with E-state index < -0.39 is 5.97 Å². The fraction of sp³-hybridized carbons (Fsp3) is 0.387. The van der Waals surface area contributed by atoms with Gasteiger partial charge in [-0.3, -0.25) is 4.79 Å². The minimum Gasteiger partial charge on any atom is -0.478 e. The predicted octanol–water partition coefficient (Wildman–Crippen LogP) is 6.38. The van der Waals surface area contributed by atoms with Gasteiger partial charge < -0.3 is 24.2 Å². The van der Waals surface area contributed by atoms with Crippen molar-refractivity contribution in [2.45, 2.75) is 44.6 Å². The summed E-state index contributed by atoms with van der Waals surface area (Å²) in [6.07, 6.45) is 5.66. The standard InChI is InChI=1S/C31H36N4O4S/c1-33(2)27(36)19-35-26-18-22(30(37)38)14-15-24(26)28(21-10-6-4-7-11-21)29(35)25-20-40-31(32-25)34(16-17-39-3)23-12-8-5-9-13-23/h5,8-9,12-15,18,20-21H,4,6-7,10-11,16-17,19H2,1-3H3,(H,37,38). The van der Waals surface area contributed by atoms with E-state index in [0.29, 0.717) is 19.1 Å². The van der Waals surface area contributed by atoms with E-state index in [2.05, 4.69) is 22.4 Å². The van der Waals surface area contributed by atoms with E-state index in [1.807, 2.05) is 28.8 Å².